The smallest absolute Gasteiger partial charge is 0.119 e. The van der Waals surface area contributed by atoms with Crippen molar-refractivity contribution in [2.75, 3.05) is 26.9 Å². The molecule has 0 saturated carbocycles. The van der Waals surface area contributed by atoms with Crippen molar-refractivity contribution in [3.8, 4) is 5.75 Å². The molecule has 0 aliphatic rings. The van der Waals surface area contributed by atoms with Crippen molar-refractivity contribution in [3.05, 3.63) is 48.0 Å². The van der Waals surface area contributed by atoms with Gasteiger partial charge in [0, 0.05) is 26.4 Å². The lowest BCUT2D eigenvalue weighted by atomic mass is 10.2. The molecule has 114 valence electrons. The lowest BCUT2D eigenvalue weighted by Crippen LogP contribution is -2.21. The average Bonchev–Trinajstić information content (AvgIpc) is 2.91. The normalized spacial score (nSPS) is 10.8. The summed E-state index contributed by atoms with van der Waals surface area (Å²) >= 11 is 0. The van der Waals surface area contributed by atoms with E-state index in [9.17, 15) is 0 Å². The Morgan fingerprint density at radius 3 is 3.00 bits per heavy atom. The van der Waals surface area contributed by atoms with Crippen LogP contribution in [0.5, 0.6) is 5.75 Å². The number of methoxy groups -OCH3 is 1. The van der Waals surface area contributed by atoms with Crippen molar-refractivity contribution in [1.82, 2.24) is 14.9 Å². The van der Waals surface area contributed by atoms with Gasteiger partial charge in [-0.15, -0.1) is 0 Å². The second-order valence-electron chi connectivity index (χ2n) is 4.91. The maximum atomic E-state index is 5.77. The number of hydrogen-bond acceptors (Lipinski definition) is 4. The molecule has 0 radical (unpaired) electrons. The first-order valence-corrected chi connectivity index (χ1v) is 7.17. The van der Waals surface area contributed by atoms with Crippen LogP contribution in [0.25, 0.3) is 0 Å². The standard InChI is InChI=1S/C16H23N3O2/c1-14-4-3-5-16(10-14)21-9-7-19-13-18-12-15(19)11-17-6-8-20-2/h3-5,10,12-13,17H,6-9,11H2,1-2H3. The van der Waals surface area contributed by atoms with E-state index in [1.807, 2.05) is 30.7 Å². The molecule has 0 atom stereocenters. The lowest BCUT2D eigenvalue weighted by Gasteiger charge is -2.11. The van der Waals surface area contributed by atoms with Crippen LogP contribution in [0.1, 0.15) is 11.3 Å². The van der Waals surface area contributed by atoms with E-state index in [1.54, 1.807) is 7.11 Å². The van der Waals surface area contributed by atoms with Gasteiger partial charge in [-0.25, -0.2) is 4.98 Å². The van der Waals surface area contributed by atoms with Crippen LogP contribution in [0, 0.1) is 6.92 Å². The highest BCUT2D eigenvalue weighted by Gasteiger charge is 2.02. The topological polar surface area (TPSA) is 48.3 Å². The van der Waals surface area contributed by atoms with Gasteiger partial charge in [0.2, 0.25) is 0 Å². The zero-order valence-corrected chi connectivity index (χ0v) is 12.7. The monoisotopic (exact) mass is 289 g/mol. The van der Waals surface area contributed by atoms with E-state index in [0.29, 0.717) is 13.2 Å². The Morgan fingerprint density at radius 2 is 2.19 bits per heavy atom. The summed E-state index contributed by atoms with van der Waals surface area (Å²) in [5, 5.41) is 3.32. The number of benzene rings is 1. The molecule has 0 amide bonds. The van der Waals surface area contributed by atoms with E-state index < -0.39 is 0 Å². The Bertz CT molecular complexity index is 540. The first-order valence-electron chi connectivity index (χ1n) is 7.17. The molecule has 21 heavy (non-hydrogen) atoms. The predicted octanol–water partition coefficient (Wildman–Crippen LogP) is 2.01. The van der Waals surface area contributed by atoms with Gasteiger partial charge in [-0.1, -0.05) is 12.1 Å². The number of aryl methyl sites for hydroxylation is 1. The first kappa shape index (κ1) is 15.5. The van der Waals surface area contributed by atoms with E-state index in [0.717, 1.165) is 31.1 Å². The van der Waals surface area contributed by atoms with Crippen LogP contribution in [0.3, 0.4) is 0 Å². The highest BCUT2D eigenvalue weighted by atomic mass is 16.5. The maximum absolute atomic E-state index is 5.77. The number of hydrogen-bond donors (Lipinski definition) is 1. The summed E-state index contributed by atoms with van der Waals surface area (Å²) in [6, 6.07) is 8.09. The predicted molar refractivity (Wildman–Crippen MR) is 82.5 cm³/mol. The summed E-state index contributed by atoms with van der Waals surface area (Å²) in [4.78, 5) is 4.20. The summed E-state index contributed by atoms with van der Waals surface area (Å²) in [5.74, 6) is 0.912. The molecule has 1 N–H and O–H groups in total. The van der Waals surface area contributed by atoms with Crippen LogP contribution in [0.4, 0.5) is 0 Å². The van der Waals surface area contributed by atoms with Gasteiger partial charge in [0.15, 0.2) is 0 Å². The van der Waals surface area contributed by atoms with Crippen LogP contribution in [-0.4, -0.2) is 36.4 Å². The molecule has 0 saturated heterocycles. The van der Waals surface area contributed by atoms with Crippen LogP contribution in [0.2, 0.25) is 0 Å². The molecule has 5 heteroatoms. The van der Waals surface area contributed by atoms with Crippen molar-refractivity contribution in [2.45, 2.75) is 20.0 Å². The second kappa shape index (κ2) is 8.44. The van der Waals surface area contributed by atoms with Gasteiger partial charge >= 0.3 is 0 Å². The minimum absolute atomic E-state index is 0.630. The Kier molecular flexibility index (Phi) is 6.24. The maximum Gasteiger partial charge on any atom is 0.119 e. The van der Waals surface area contributed by atoms with Crippen molar-refractivity contribution in [3.63, 3.8) is 0 Å². The average molecular weight is 289 g/mol. The zero-order valence-electron chi connectivity index (χ0n) is 12.7. The lowest BCUT2D eigenvalue weighted by molar-refractivity contribution is 0.199. The molecule has 5 nitrogen and oxygen atoms in total. The summed E-state index contributed by atoms with van der Waals surface area (Å²) in [6.07, 6.45) is 3.72. The highest BCUT2D eigenvalue weighted by molar-refractivity contribution is 5.27. The SMILES string of the molecule is COCCNCc1cncn1CCOc1cccc(C)c1. The van der Waals surface area contributed by atoms with Crippen LogP contribution >= 0.6 is 0 Å². The molecule has 1 aromatic carbocycles. The number of aromatic nitrogens is 2. The third kappa shape index (κ3) is 5.21. The molecular weight excluding hydrogens is 266 g/mol. The van der Waals surface area contributed by atoms with Gasteiger partial charge < -0.3 is 19.4 Å². The first-order chi connectivity index (χ1) is 10.3. The number of nitrogens with one attached hydrogen (secondary N) is 1. The van der Waals surface area contributed by atoms with Crippen LogP contribution in [-0.2, 0) is 17.8 Å². The molecule has 0 fully saturated rings. The van der Waals surface area contributed by atoms with Gasteiger partial charge in [-0.05, 0) is 24.6 Å². The van der Waals surface area contributed by atoms with Gasteiger partial charge in [-0.2, -0.15) is 0 Å². The van der Waals surface area contributed by atoms with E-state index in [1.165, 1.54) is 5.56 Å². The molecular formula is C16H23N3O2. The van der Waals surface area contributed by atoms with E-state index in [-0.39, 0.29) is 0 Å². The Balaban J connectivity index is 1.77. The number of imidazole rings is 1. The molecule has 0 unspecified atom stereocenters. The molecule has 0 bridgehead atoms. The van der Waals surface area contributed by atoms with Crippen molar-refractivity contribution < 1.29 is 9.47 Å². The van der Waals surface area contributed by atoms with E-state index in [2.05, 4.69) is 27.9 Å². The summed E-state index contributed by atoms with van der Waals surface area (Å²) in [7, 11) is 1.70. The minimum Gasteiger partial charge on any atom is -0.492 e. The Hall–Kier alpha value is -1.85. The largest absolute Gasteiger partial charge is 0.492 e. The quantitative estimate of drug-likeness (QED) is 0.717. The molecule has 0 spiro atoms. The Morgan fingerprint density at radius 1 is 1.29 bits per heavy atom. The molecule has 0 aliphatic heterocycles. The van der Waals surface area contributed by atoms with E-state index in [4.69, 9.17) is 9.47 Å². The fourth-order valence-corrected chi connectivity index (χ4v) is 2.05. The number of nitrogens with zero attached hydrogens (tertiary/aromatic N) is 2. The van der Waals surface area contributed by atoms with Crippen molar-refractivity contribution >= 4 is 0 Å². The van der Waals surface area contributed by atoms with Gasteiger partial charge in [-0.3, -0.25) is 0 Å². The van der Waals surface area contributed by atoms with E-state index >= 15 is 0 Å². The van der Waals surface area contributed by atoms with Crippen molar-refractivity contribution in [2.24, 2.45) is 0 Å². The van der Waals surface area contributed by atoms with Gasteiger partial charge in [0.1, 0.15) is 12.4 Å². The summed E-state index contributed by atoms with van der Waals surface area (Å²) in [6.45, 7) is 5.81. The molecule has 0 aliphatic carbocycles. The van der Waals surface area contributed by atoms with Crippen molar-refractivity contribution in [1.29, 1.82) is 0 Å². The molecule has 2 aromatic rings. The third-order valence-electron chi connectivity index (χ3n) is 3.18. The second-order valence-corrected chi connectivity index (χ2v) is 4.91. The molecule has 2 rings (SSSR count). The zero-order chi connectivity index (χ0) is 14.9. The minimum atomic E-state index is 0.630. The summed E-state index contributed by atoms with van der Waals surface area (Å²) in [5.41, 5.74) is 2.36. The molecule has 1 heterocycles. The third-order valence-corrected chi connectivity index (χ3v) is 3.18. The fraction of sp³-hybridized carbons (Fsp3) is 0.438. The van der Waals surface area contributed by atoms with Gasteiger partial charge in [0.05, 0.1) is 25.2 Å². The summed E-state index contributed by atoms with van der Waals surface area (Å²) < 4.78 is 12.9. The fourth-order valence-electron chi connectivity index (χ4n) is 2.05. The Labute approximate surface area is 125 Å². The number of rotatable bonds is 9. The van der Waals surface area contributed by atoms with Crippen LogP contribution < -0.4 is 10.1 Å². The van der Waals surface area contributed by atoms with Crippen LogP contribution in [0.15, 0.2) is 36.8 Å². The number of ether oxygens (including phenoxy) is 2. The highest BCUT2D eigenvalue weighted by Crippen LogP contribution is 2.12. The molecule has 1 aromatic heterocycles. The van der Waals surface area contributed by atoms with Gasteiger partial charge in [0.25, 0.3) is 0 Å².